The molecule has 1 unspecified atom stereocenters. The number of fused-ring (bicyclic) bond motifs is 3. The molecular formula is C68H115N7O16. The van der Waals surface area contributed by atoms with E-state index in [4.69, 9.17) is 42.6 Å². The van der Waals surface area contributed by atoms with Gasteiger partial charge in [-0.1, -0.05) is 68.8 Å². The first-order chi connectivity index (χ1) is 43.3. The fraction of sp³-hybridized carbons (Fsp3) is 0.721. The van der Waals surface area contributed by atoms with Crippen LogP contribution in [0.4, 0.5) is 4.79 Å². The quantitative estimate of drug-likeness (QED) is 0.0382. The number of nitrogens with one attached hydrogen (secondary N) is 2. The molecule has 0 aromatic heterocycles. The average molecular weight is 1290 g/mol. The van der Waals surface area contributed by atoms with Crippen LogP contribution >= 0.6 is 0 Å². The van der Waals surface area contributed by atoms with Gasteiger partial charge in [0.25, 0.3) is 0 Å². The van der Waals surface area contributed by atoms with Crippen molar-refractivity contribution in [2.45, 2.75) is 137 Å². The summed E-state index contributed by atoms with van der Waals surface area (Å²) in [5, 5.41) is 5.64. The third-order valence-electron chi connectivity index (χ3n) is 14.8. The minimum atomic E-state index is -0.869. The number of nitrogens with zero attached hydrogens (tertiary/aromatic N) is 5. The predicted molar refractivity (Wildman–Crippen MR) is 352 cm³/mol. The summed E-state index contributed by atoms with van der Waals surface area (Å²) in [6.45, 7) is 31.2. The molecule has 2 fully saturated rings. The number of aldehydes is 2. The van der Waals surface area contributed by atoms with E-state index < -0.39 is 23.7 Å². The maximum absolute atomic E-state index is 13.0. The number of piperidine rings is 1. The largest absolute Gasteiger partial charge is 0.467 e. The smallest absolute Gasteiger partial charge is 0.407 e. The van der Waals surface area contributed by atoms with E-state index in [1.54, 1.807) is 14.2 Å². The maximum Gasteiger partial charge on any atom is 0.407 e. The standard InChI is InChI=1S/C55H83N7O14.2C5H12O.C3H8/c1-55(2,3)76-52(67)41-61-24-22-59(28-30-64)20-19-58(27-29-63)21-23-60(25-26-61)40-50(65)56-16-32-72-34-36-74-38-37-73-35-33-71-31-15-51(66)62-17-13-43(14-18-62)39-49(53(68)70-4)57-54(69)75-42-48-46-11-7-5-9-44(46)45-10-6-8-12-47(45)48;2*1-5(2,3)6-4;1-3-2/h5-12,29-30,43,48-49H,13-28,31-42H2,1-4H3,(H,56,65)(H,57,69);2*1-4H3;3H2,1-2H3. The Bertz CT molecular complexity index is 2310. The lowest BCUT2D eigenvalue weighted by Gasteiger charge is -2.33. The minimum absolute atomic E-state index is 0.0000329. The molecule has 2 aliphatic heterocycles. The van der Waals surface area contributed by atoms with Gasteiger partial charge in [-0.2, -0.15) is 0 Å². The van der Waals surface area contributed by atoms with Gasteiger partial charge in [0.1, 0.15) is 30.8 Å². The summed E-state index contributed by atoms with van der Waals surface area (Å²) in [5.41, 5.74) is 3.92. The van der Waals surface area contributed by atoms with Gasteiger partial charge in [-0.25, -0.2) is 9.59 Å². The Kier molecular flexibility index (Phi) is 41.0. The third kappa shape index (κ3) is 37.1. The molecule has 0 spiro atoms. The molecule has 1 aliphatic carbocycles. The van der Waals surface area contributed by atoms with Crippen LogP contribution in [-0.4, -0.2) is 269 Å². The van der Waals surface area contributed by atoms with E-state index in [2.05, 4.69) is 36.6 Å². The number of benzene rings is 2. The molecule has 23 nitrogen and oxygen atoms in total. The van der Waals surface area contributed by atoms with Crippen LogP contribution in [0, 0.1) is 5.92 Å². The number of esters is 2. The average Bonchev–Trinajstić information content (AvgIpc) is 1.62. The molecular weight excluding hydrogens is 1170 g/mol. The van der Waals surface area contributed by atoms with Gasteiger partial charge < -0.3 is 67.8 Å². The Morgan fingerprint density at radius 3 is 1.42 bits per heavy atom. The normalized spacial score (nSPS) is 16.0. The molecule has 91 heavy (non-hydrogen) atoms. The van der Waals surface area contributed by atoms with Crippen LogP contribution in [0.5, 0.6) is 0 Å². The van der Waals surface area contributed by atoms with Crippen LogP contribution in [0.1, 0.15) is 125 Å². The zero-order valence-corrected chi connectivity index (χ0v) is 57.8. The predicted octanol–water partition coefficient (Wildman–Crippen LogP) is 6.51. The first-order valence-corrected chi connectivity index (χ1v) is 32.4. The molecule has 2 aromatic rings. The molecule has 2 aromatic carbocycles. The van der Waals surface area contributed by atoms with E-state index in [0.29, 0.717) is 138 Å². The first-order valence-electron chi connectivity index (χ1n) is 32.4. The van der Waals surface area contributed by atoms with E-state index in [9.17, 15) is 33.6 Å². The number of methoxy groups -OCH3 is 3. The molecule has 0 saturated carbocycles. The lowest BCUT2D eigenvalue weighted by Crippen LogP contribution is -2.49. The summed E-state index contributed by atoms with van der Waals surface area (Å²) in [4.78, 5) is 97.1. The van der Waals surface area contributed by atoms with Crippen molar-refractivity contribution in [2.75, 3.05) is 179 Å². The van der Waals surface area contributed by atoms with Crippen molar-refractivity contribution in [3.8, 4) is 11.1 Å². The summed E-state index contributed by atoms with van der Waals surface area (Å²) < 4.78 is 48.6. The number of alkyl carbamates (subject to hydrolysis) is 1. The van der Waals surface area contributed by atoms with Gasteiger partial charge in [0.15, 0.2) is 0 Å². The van der Waals surface area contributed by atoms with Crippen LogP contribution in [0.2, 0.25) is 0 Å². The first kappa shape index (κ1) is 81.6. The van der Waals surface area contributed by atoms with E-state index in [0.717, 1.165) is 34.8 Å². The molecule has 0 radical (unpaired) electrons. The molecule has 1 atom stereocenters. The summed E-state index contributed by atoms with van der Waals surface area (Å²) in [7, 11) is 4.71. The SMILES string of the molecule is CCC.COC(=O)C(CC1CCN(C(=O)CCOCCOCCOCCOCCNC(=O)CN2CCN(CC=O)CCN(CC=O)CCN(CC(=O)OC(C)(C)C)CC2)CC1)NC(=O)OCC1c2ccccc2-c2ccccc21.COC(C)(C)C.COC(C)(C)C. The highest BCUT2D eigenvalue weighted by Crippen LogP contribution is 2.44. The highest BCUT2D eigenvalue weighted by molar-refractivity contribution is 5.82. The third-order valence-corrected chi connectivity index (χ3v) is 14.8. The second-order valence-electron chi connectivity index (χ2n) is 25.6. The van der Waals surface area contributed by atoms with Gasteiger partial charge in [0.05, 0.1) is 104 Å². The molecule has 518 valence electrons. The number of amides is 3. The Morgan fingerprint density at radius 1 is 0.571 bits per heavy atom. The Morgan fingerprint density at radius 2 is 0.989 bits per heavy atom. The van der Waals surface area contributed by atoms with Gasteiger partial charge in [0, 0.05) is 92.1 Å². The van der Waals surface area contributed by atoms with Gasteiger partial charge >= 0.3 is 18.0 Å². The van der Waals surface area contributed by atoms with Crippen molar-refractivity contribution in [3.05, 3.63) is 59.7 Å². The van der Waals surface area contributed by atoms with Gasteiger partial charge in [-0.15, -0.1) is 0 Å². The summed E-state index contributed by atoms with van der Waals surface area (Å²) in [6, 6.07) is 15.3. The Balaban J connectivity index is 0.00000168. The van der Waals surface area contributed by atoms with Crippen LogP contribution < -0.4 is 10.6 Å². The number of hydrogen-bond donors (Lipinski definition) is 2. The van der Waals surface area contributed by atoms with Crippen molar-refractivity contribution in [1.29, 1.82) is 0 Å². The highest BCUT2D eigenvalue weighted by atomic mass is 16.6. The molecule has 3 amide bonds. The van der Waals surface area contributed by atoms with E-state index in [1.165, 1.54) is 13.5 Å². The number of carbonyl (C=O) groups excluding carboxylic acids is 7. The van der Waals surface area contributed by atoms with Crippen LogP contribution in [-0.2, 0) is 71.4 Å². The summed E-state index contributed by atoms with van der Waals surface area (Å²) in [5.74, 6) is -1.04. The number of likely N-dealkylation sites (tertiary alicyclic amines) is 1. The van der Waals surface area contributed by atoms with Crippen molar-refractivity contribution in [1.82, 2.24) is 35.1 Å². The Hall–Kier alpha value is -5.47. The summed E-state index contributed by atoms with van der Waals surface area (Å²) >= 11 is 0. The number of hydrogen-bond acceptors (Lipinski definition) is 20. The topological polar surface area (TPSA) is 243 Å². The molecule has 2 saturated heterocycles. The van der Waals surface area contributed by atoms with Gasteiger partial charge in [-0.05, 0) is 110 Å². The number of rotatable bonds is 29. The number of carbonyl (C=O) groups is 7. The van der Waals surface area contributed by atoms with Gasteiger partial charge in [0.2, 0.25) is 11.8 Å². The summed E-state index contributed by atoms with van der Waals surface area (Å²) in [6.07, 6.45) is 4.30. The van der Waals surface area contributed by atoms with Gasteiger partial charge in [-0.3, -0.25) is 34.0 Å². The van der Waals surface area contributed by atoms with Crippen molar-refractivity contribution in [2.24, 2.45) is 5.92 Å². The monoisotopic (exact) mass is 1290 g/mol. The molecule has 23 heteroatoms. The zero-order chi connectivity index (χ0) is 67.7. The van der Waals surface area contributed by atoms with Crippen molar-refractivity contribution >= 4 is 42.4 Å². The van der Waals surface area contributed by atoms with Crippen LogP contribution in [0.3, 0.4) is 0 Å². The molecule has 2 heterocycles. The Labute approximate surface area is 544 Å². The molecule has 5 rings (SSSR count). The van der Waals surface area contributed by atoms with E-state index in [-0.39, 0.29) is 86.6 Å². The number of ether oxygens (including phenoxy) is 9. The second-order valence-corrected chi connectivity index (χ2v) is 25.6. The van der Waals surface area contributed by atoms with Crippen LogP contribution in [0.15, 0.2) is 48.5 Å². The lowest BCUT2D eigenvalue weighted by atomic mass is 9.90. The molecule has 0 bridgehead atoms. The fourth-order valence-electron chi connectivity index (χ4n) is 9.52. The second kappa shape index (κ2) is 45.8. The highest BCUT2D eigenvalue weighted by Gasteiger charge is 2.33. The van der Waals surface area contributed by atoms with Crippen LogP contribution in [0.25, 0.3) is 11.1 Å². The fourth-order valence-corrected chi connectivity index (χ4v) is 9.52. The van der Waals surface area contributed by atoms with Crippen molar-refractivity contribution in [3.63, 3.8) is 0 Å². The molecule has 2 N–H and O–H groups in total. The minimum Gasteiger partial charge on any atom is -0.467 e. The maximum atomic E-state index is 13.0. The van der Waals surface area contributed by atoms with Crippen molar-refractivity contribution < 1.29 is 76.2 Å². The molecule has 3 aliphatic rings. The van der Waals surface area contributed by atoms with E-state index >= 15 is 0 Å². The zero-order valence-electron chi connectivity index (χ0n) is 57.8. The lowest BCUT2D eigenvalue weighted by molar-refractivity contribution is -0.156. The van der Waals surface area contributed by atoms with E-state index in [1.807, 2.05) is 123 Å².